The minimum absolute atomic E-state index is 0.233. The van der Waals surface area contributed by atoms with Crippen LogP contribution in [0.25, 0.3) is 0 Å². The lowest BCUT2D eigenvalue weighted by Gasteiger charge is -2.23. The second-order valence-corrected chi connectivity index (χ2v) is 3.83. The van der Waals surface area contributed by atoms with Crippen LogP contribution >= 0.6 is 0 Å². The molecule has 0 aliphatic rings. The van der Waals surface area contributed by atoms with Gasteiger partial charge in [0, 0.05) is 0 Å². The summed E-state index contributed by atoms with van der Waals surface area (Å²) in [6, 6.07) is -0.607. The lowest BCUT2D eigenvalue weighted by molar-refractivity contribution is -0.158. The van der Waals surface area contributed by atoms with Crippen LogP contribution < -0.4 is 5.32 Å². The fourth-order valence-electron chi connectivity index (χ4n) is 0.842. The second-order valence-electron chi connectivity index (χ2n) is 3.83. The number of hydrogen-bond donors (Lipinski definition) is 2. The molecule has 0 saturated heterocycles. The number of aliphatic hydroxyl groups excluding tert-OH is 1. The zero-order valence-electron chi connectivity index (χ0n) is 8.76. The molecule has 0 radical (unpaired) electrons. The Morgan fingerprint density at radius 3 is 2.38 bits per heavy atom. The zero-order valence-corrected chi connectivity index (χ0v) is 8.76. The van der Waals surface area contributed by atoms with Crippen molar-refractivity contribution in [2.75, 3.05) is 13.2 Å². The number of nitrogens with one attached hydrogen (secondary N) is 1. The van der Waals surface area contributed by atoms with Gasteiger partial charge in [0.05, 0.1) is 6.61 Å². The predicted octanol–water partition coefficient (Wildman–Crippen LogP) is 0.298. The number of carbonyl (C=O) groups excluding carboxylic acids is 1. The largest absolute Gasteiger partial charge is 0.459 e. The maximum atomic E-state index is 11.3. The summed E-state index contributed by atoms with van der Waals surface area (Å²) in [6.07, 6.45) is 0. The van der Waals surface area contributed by atoms with Crippen molar-refractivity contribution in [1.82, 2.24) is 5.32 Å². The number of hydrogen-bond acceptors (Lipinski definition) is 4. The summed E-state index contributed by atoms with van der Waals surface area (Å²) in [6.45, 7) is 7.65. The summed E-state index contributed by atoms with van der Waals surface area (Å²) in [4.78, 5) is 11.3. The summed E-state index contributed by atoms with van der Waals surface area (Å²) in [7, 11) is 0. The Kier molecular flexibility index (Phi) is 4.95. The van der Waals surface area contributed by atoms with Crippen molar-refractivity contribution in [1.29, 1.82) is 0 Å². The monoisotopic (exact) mass is 189 g/mol. The van der Waals surface area contributed by atoms with Gasteiger partial charge in [-0.25, -0.2) is 0 Å². The van der Waals surface area contributed by atoms with E-state index in [-0.39, 0.29) is 6.61 Å². The molecule has 4 heteroatoms. The molecule has 2 N–H and O–H groups in total. The van der Waals surface area contributed by atoms with Crippen LogP contribution in [-0.4, -0.2) is 35.9 Å². The number of rotatable bonds is 4. The van der Waals surface area contributed by atoms with E-state index >= 15 is 0 Å². The van der Waals surface area contributed by atoms with Crippen LogP contribution in [0.2, 0.25) is 0 Å². The Morgan fingerprint density at radius 1 is 1.54 bits per heavy atom. The molecule has 0 amide bonds. The van der Waals surface area contributed by atoms with Crippen molar-refractivity contribution in [2.24, 2.45) is 0 Å². The number of carbonyl (C=O) groups is 1. The highest BCUT2D eigenvalue weighted by atomic mass is 16.6. The molecule has 0 heterocycles. The van der Waals surface area contributed by atoms with E-state index in [4.69, 9.17) is 9.84 Å². The van der Waals surface area contributed by atoms with Crippen LogP contribution in [0.3, 0.4) is 0 Å². The van der Waals surface area contributed by atoms with Crippen molar-refractivity contribution in [3.63, 3.8) is 0 Å². The van der Waals surface area contributed by atoms with E-state index in [1.165, 1.54) is 0 Å². The zero-order chi connectivity index (χ0) is 10.5. The number of ether oxygens (including phenoxy) is 1. The molecule has 1 unspecified atom stereocenters. The predicted molar refractivity (Wildman–Crippen MR) is 50.4 cm³/mol. The summed E-state index contributed by atoms with van der Waals surface area (Å²) in [5.41, 5.74) is -0.500. The van der Waals surface area contributed by atoms with Gasteiger partial charge in [0.15, 0.2) is 0 Å². The highest BCUT2D eigenvalue weighted by Gasteiger charge is 2.23. The number of aliphatic hydroxyl groups is 1. The minimum Gasteiger partial charge on any atom is -0.459 e. The molecule has 0 bridgehead atoms. The van der Waals surface area contributed by atoms with Crippen LogP contribution in [0.1, 0.15) is 27.7 Å². The molecule has 0 aromatic carbocycles. The first-order valence-electron chi connectivity index (χ1n) is 4.47. The van der Waals surface area contributed by atoms with Crippen molar-refractivity contribution in [3.05, 3.63) is 0 Å². The average molecular weight is 189 g/mol. The van der Waals surface area contributed by atoms with Gasteiger partial charge >= 0.3 is 5.97 Å². The molecule has 0 aromatic rings. The first-order valence-corrected chi connectivity index (χ1v) is 4.47. The average Bonchev–Trinajstić information content (AvgIpc) is 1.96. The molecule has 0 rings (SSSR count). The van der Waals surface area contributed by atoms with Crippen LogP contribution in [0.15, 0.2) is 0 Å². The lowest BCUT2D eigenvalue weighted by Crippen LogP contribution is -2.43. The lowest BCUT2D eigenvalue weighted by atomic mass is 10.2. The molecule has 13 heavy (non-hydrogen) atoms. The molecule has 0 aromatic heterocycles. The minimum atomic E-state index is -0.607. The third kappa shape index (κ3) is 5.60. The van der Waals surface area contributed by atoms with Gasteiger partial charge in [0.2, 0.25) is 0 Å². The van der Waals surface area contributed by atoms with Gasteiger partial charge in [-0.3, -0.25) is 4.79 Å². The van der Waals surface area contributed by atoms with E-state index in [0.717, 1.165) is 0 Å². The van der Waals surface area contributed by atoms with Gasteiger partial charge in [0.25, 0.3) is 0 Å². The maximum absolute atomic E-state index is 11.3. The number of esters is 1. The molecular formula is C9H19NO3. The molecule has 4 nitrogen and oxygen atoms in total. The quantitative estimate of drug-likeness (QED) is 0.624. The van der Waals surface area contributed by atoms with Crippen molar-refractivity contribution >= 4 is 5.97 Å². The molecular weight excluding hydrogens is 170 g/mol. The maximum Gasteiger partial charge on any atom is 0.326 e. The van der Waals surface area contributed by atoms with E-state index in [9.17, 15) is 4.79 Å². The Balaban J connectivity index is 4.06. The van der Waals surface area contributed by atoms with Crippen LogP contribution in [-0.2, 0) is 9.53 Å². The molecule has 0 spiro atoms. The van der Waals surface area contributed by atoms with Crippen LogP contribution in [0, 0.1) is 0 Å². The smallest absolute Gasteiger partial charge is 0.326 e. The number of likely N-dealkylation sites (N-methyl/N-ethyl adjacent to an activating group) is 1. The molecule has 1 atom stereocenters. The van der Waals surface area contributed by atoms with E-state index in [1.807, 2.05) is 6.92 Å². The fraction of sp³-hybridized carbons (Fsp3) is 0.889. The van der Waals surface area contributed by atoms with Gasteiger partial charge in [-0.05, 0) is 27.3 Å². The Morgan fingerprint density at radius 2 is 2.08 bits per heavy atom. The summed E-state index contributed by atoms with van der Waals surface area (Å²) >= 11 is 0. The summed E-state index contributed by atoms with van der Waals surface area (Å²) in [5, 5.41) is 11.7. The first kappa shape index (κ1) is 12.4. The van der Waals surface area contributed by atoms with E-state index in [0.29, 0.717) is 6.54 Å². The standard InChI is InChI=1S/C9H19NO3/c1-5-10-7(6-11)8(12)13-9(2,3)4/h7,10-11H,5-6H2,1-4H3. The third-order valence-corrected chi connectivity index (χ3v) is 1.32. The van der Waals surface area contributed by atoms with Crippen molar-refractivity contribution in [3.8, 4) is 0 Å². The second kappa shape index (κ2) is 5.19. The third-order valence-electron chi connectivity index (χ3n) is 1.32. The van der Waals surface area contributed by atoms with Crippen LogP contribution in [0.5, 0.6) is 0 Å². The first-order chi connectivity index (χ1) is 5.90. The molecule has 0 fully saturated rings. The Labute approximate surface area is 79.3 Å². The molecule has 0 saturated carbocycles. The Bertz CT molecular complexity index is 163. The van der Waals surface area contributed by atoms with E-state index in [2.05, 4.69) is 5.32 Å². The molecule has 78 valence electrons. The Hall–Kier alpha value is -0.610. The van der Waals surface area contributed by atoms with Gasteiger partial charge in [0.1, 0.15) is 11.6 Å². The summed E-state index contributed by atoms with van der Waals surface area (Å²) in [5.74, 6) is -0.406. The fourth-order valence-corrected chi connectivity index (χ4v) is 0.842. The topological polar surface area (TPSA) is 58.6 Å². The summed E-state index contributed by atoms with van der Waals surface area (Å²) < 4.78 is 5.08. The van der Waals surface area contributed by atoms with Crippen molar-refractivity contribution < 1.29 is 14.6 Å². The molecule has 0 aliphatic carbocycles. The van der Waals surface area contributed by atoms with Gasteiger partial charge in [-0.15, -0.1) is 0 Å². The molecule has 0 aliphatic heterocycles. The highest BCUT2D eigenvalue weighted by molar-refractivity contribution is 5.76. The van der Waals surface area contributed by atoms with E-state index in [1.54, 1.807) is 20.8 Å². The highest BCUT2D eigenvalue weighted by Crippen LogP contribution is 2.08. The normalized spacial score (nSPS) is 13.9. The van der Waals surface area contributed by atoms with Crippen LogP contribution in [0.4, 0.5) is 0 Å². The van der Waals surface area contributed by atoms with Gasteiger partial charge < -0.3 is 15.2 Å². The van der Waals surface area contributed by atoms with E-state index < -0.39 is 17.6 Å². The van der Waals surface area contributed by atoms with Gasteiger partial charge in [-0.2, -0.15) is 0 Å². The van der Waals surface area contributed by atoms with Crippen molar-refractivity contribution in [2.45, 2.75) is 39.3 Å². The SMILES string of the molecule is CCNC(CO)C(=O)OC(C)(C)C. The van der Waals surface area contributed by atoms with Gasteiger partial charge in [-0.1, -0.05) is 6.92 Å².